The highest BCUT2D eigenvalue weighted by molar-refractivity contribution is 5.76. The minimum atomic E-state index is -0.263. The molecule has 1 aromatic rings. The van der Waals surface area contributed by atoms with E-state index in [4.69, 9.17) is 0 Å². The van der Waals surface area contributed by atoms with Crippen LogP contribution >= 0.6 is 0 Å². The number of hydrogen-bond donors (Lipinski definition) is 2. The van der Waals surface area contributed by atoms with E-state index in [1.165, 1.54) is 12.1 Å². The van der Waals surface area contributed by atoms with Gasteiger partial charge in [-0.1, -0.05) is 12.1 Å². The van der Waals surface area contributed by atoms with Crippen molar-refractivity contribution in [3.05, 3.63) is 35.6 Å². The van der Waals surface area contributed by atoms with Gasteiger partial charge in [0.25, 0.3) is 0 Å². The maximum Gasteiger partial charge on any atom is 0.222 e. The molecule has 3 rings (SSSR count). The van der Waals surface area contributed by atoms with Crippen molar-refractivity contribution in [2.45, 2.75) is 25.7 Å². The smallest absolute Gasteiger partial charge is 0.222 e. The lowest BCUT2D eigenvalue weighted by molar-refractivity contribution is -0.130. The highest BCUT2D eigenvalue weighted by Crippen LogP contribution is 2.27. The third-order valence-electron chi connectivity index (χ3n) is 6.16. The zero-order valence-electron chi connectivity index (χ0n) is 15.9. The number of benzene rings is 1. The average Bonchev–Trinajstić information content (AvgIpc) is 3.11. The van der Waals surface area contributed by atoms with E-state index in [0.717, 1.165) is 38.0 Å². The second-order valence-electron chi connectivity index (χ2n) is 8.05. The minimum absolute atomic E-state index is 0.110. The second kappa shape index (κ2) is 9.62. The fourth-order valence-corrected chi connectivity index (χ4v) is 4.30. The summed E-state index contributed by atoms with van der Waals surface area (Å²) in [6.45, 7) is 4.58. The van der Waals surface area contributed by atoms with Crippen molar-refractivity contribution in [3.63, 3.8) is 0 Å². The topological polar surface area (TPSA) is 64.0 Å². The van der Waals surface area contributed by atoms with E-state index in [1.54, 1.807) is 12.1 Å². The molecule has 2 saturated heterocycles. The molecule has 0 radical (unpaired) electrons. The first-order valence-corrected chi connectivity index (χ1v) is 10.0. The van der Waals surface area contributed by atoms with E-state index in [2.05, 4.69) is 4.90 Å². The Morgan fingerprint density at radius 3 is 2.33 bits per heavy atom. The van der Waals surface area contributed by atoms with Gasteiger partial charge in [0.1, 0.15) is 5.82 Å². The molecular formula is C21H31FN2O3. The van der Waals surface area contributed by atoms with E-state index in [9.17, 15) is 19.4 Å². The van der Waals surface area contributed by atoms with Gasteiger partial charge in [-0.05, 0) is 61.9 Å². The molecule has 1 amide bonds. The zero-order valence-corrected chi connectivity index (χ0v) is 15.9. The average molecular weight is 378 g/mol. The molecule has 0 unspecified atom stereocenters. The first kappa shape index (κ1) is 20.2. The maximum atomic E-state index is 13.0. The van der Waals surface area contributed by atoms with Gasteiger partial charge >= 0.3 is 0 Å². The number of aliphatic hydroxyl groups is 2. The van der Waals surface area contributed by atoms with Crippen LogP contribution in [0.5, 0.6) is 0 Å². The first-order chi connectivity index (χ1) is 13.1. The predicted octanol–water partition coefficient (Wildman–Crippen LogP) is 1.53. The number of rotatable bonds is 7. The van der Waals surface area contributed by atoms with Crippen molar-refractivity contribution in [2.24, 2.45) is 17.8 Å². The number of nitrogens with zero attached hydrogens (tertiary/aromatic N) is 2. The lowest BCUT2D eigenvalue weighted by atomic mass is 9.93. The molecule has 2 atom stereocenters. The highest BCUT2D eigenvalue weighted by atomic mass is 19.1. The Bertz CT molecular complexity index is 602. The molecule has 0 bridgehead atoms. The summed E-state index contributed by atoms with van der Waals surface area (Å²) in [5, 5.41) is 19.0. The van der Waals surface area contributed by atoms with Gasteiger partial charge in [-0.3, -0.25) is 4.79 Å². The summed E-state index contributed by atoms with van der Waals surface area (Å²) < 4.78 is 13.0. The van der Waals surface area contributed by atoms with Crippen molar-refractivity contribution in [1.29, 1.82) is 0 Å². The van der Waals surface area contributed by atoms with Crippen LogP contribution in [0.3, 0.4) is 0 Å². The number of piperidine rings is 1. The van der Waals surface area contributed by atoms with Gasteiger partial charge in [0, 0.05) is 45.2 Å². The summed E-state index contributed by atoms with van der Waals surface area (Å²) >= 11 is 0. The molecular weight excluding hydrogens is 347 g/mol. The van der Waals surface area contributed by atoms with Crippen LogP contribution in [0.15, 0.2) is 24.3 Å². The predicted molar refractivity (Wildman–Crippen MR) is 102 cm³/mol. The van der Waals surface area contributed by atoms with Crippen LogP contribution in [0.2, 0.25) is 0 Å². The molecule has 0 saturated carbocycles. The molecule has 2 aliphatic heterocycles. The van der Waals surface area contributed by atoms with Crippen molar-refractivity contribution in [2.75, 3.05) is 45.9 Å². The third kappa shape index (κ3) is 5.50. The highest BCUT2D eigenvalue weighted by Gasteiger charge is 2.36. The van der Waals surface area contributed by atoms with E-state index < -0.39 is 0 Å². The van der Waals surface area contributed by atoms with Crippen molar-refractivity contribution in [1.82, 2.24) is 9.80 Å². The number of aliphatic hydroxyl groups excluding tert-OH is 2. The van der Waals surface area contributed by atoms with Crippen LogP contribution < -0.4 is 0 Å². The van der Waals surface area contributed by atoms with Crippen LogP contribution in [-0.4, -0.2) is 71.9 Å². The number of hydrogen-bond acceptors (Lipinski definition) is 4. The Morgan fingerprint density at radius 2 is 1.70 bits per heavy atom. The summed E-state index contributed by atoms with van der Waals surface area (Å²) in [7, 11) is 0. The van der Waals surface area contributed by atoms with E-state index in [0.29, 0.717) is 37.8 Å². The van der Waals surface area contributed by atoms with Gasteiger partial charge < -0.3 is 20.0 Å². The van der Waals surface area contributed by atoms with E-state index in [-0.39, 0.29) is 30.9 Å². The summed E-state index contributed by atoms with van der Waals surface area (Å²) in [5.74, 6) is 0.703. The number of carbonyl (C=O) groups excluding carboxylic acids is 1. The molecule has 2 aliphatic rings. The van der Waals surface area contributed by atoms with Gasteiger partial charge in [0.05, 0.1) is 0 Å². The van der Waals surface area contributed by atoms with Crippen LogP contribution in [-0.2, 0) is 11.2 Å². The number of likely N-dealkylation sites (tertiary alicyclic amines) is 2. The van der Waals surface area contributed by atoms with Crippen LogP contribution in [0.1, 0.15) is 24.8 Å². The lowest BCUT2D eigenvalue weighted by Crippen LogP contribution is -2.40. The Kier molecular flexibility index (Phi) is 7.21. The number of amides is 1. The molecule has 0 aliphatic carbocycles. The molecule has 27 heavy (non-hydrogen) atoms. The number of carbonyl (C=O) groups is 1. The Labute approximate surface area is 160 Å². The molecule has 0 aromatic heterocycles. The fraction of sp³-hybridized carbons (Fsp3) is 0.667. The quantitative estimate of drug-likeness (QED) is 0.755. The summed E-state index contributed by atoms with van der Waals surface area (Å²) in [6, 6.07) is 6.30. The van der Waals surface area contributed by atoms with E-state index in [1.807, 2.05) is 4.90 Å². The zero-order chi connectivity index (χ0) is 19.2. The van der Waals surface area contributed by atoms with Crippen LogP contribution in [0.4, 0.5) is 4.39 Å². The summed E-state index contributed by atoms with van der Waals surface area (Å²) in [5.41, 5.74) is 0.964. The standard InChI is InChI=1S/C21H31FN2O3/c22-20-4-1-16(2-5-20)3-6-21(27)24-12-18(19(13-24)15-26)11-23-9-7-17(14-25)8-10-23/h1-2,4-5,17-19,25-26H,3,6-15H2/t18-,19-/m0/s1. The molecule has 5 nitrogen and oxygen atoms in total. The minimum Gasteiger partial charge on any atom is -0.396 e. The van der Waals surface area contributed by atoms with Gasteiger partial charge in [-0.2, -0.15) is 0 Å². The first-order valence-electron chi connectivity index (χ1n) is 10.0. The monoisotopic (exact) mass is 378 g/mol. The van der Waals surface area contributed by atoms with Crippen molar-refractivity contribution < 1.29 is 19.4 Å². The summed E-state index contributed by atoms with van der Waals surface area (Å²) in [4.78, 5) is 16.9. The second-order valence-corrected chi connectivity index (χ2v) is 8.05. The SMILES string of the molecule is O=C(CCc1ccc(F)cc1)N1C[C@@H](CO)[C@@H](CN2CCC(CO)CC2)C1. The molecule has 6 heteroatoms. The maximum absolute atomic E-state index is 13.0. The van der Waals surface area contributed by atoms with Crippen molar-refractivity contribution in [3.8, 4) is 0 Å². The molecule has 2 fully saturated rings. The molecule has 150 valence electrons. The van der Waals surface area contributed by atoms with Crippen LogP contribution in [0, 0.1) is 23.6 Å². The van der Waals surface area contributed by atoms with E-state index >= 15 is 0 Å². The Morgan fingerprint density at radius 1 is 1.04 bits per heavy atom. The molecule has 2 N–H and O–H groups in total. The molecule has 1 aromatic carbocycles. The Balaban J connectivity index is 1.47. The Hall–Kier alpha value is -1.50. The van der Waals surface area contributed by atoms with Gasteiger partial charge in [-0.25, -0.2) is 4.39 Å². The van der Waals surface area contributed by atoms with Gasteiger partial charge in [-0.15, -0.1) is 0 Å². The van der Waals surface area contributed by atoms with Crippen molar-refractivity contribution >= 4 is 5.91 Å². The summed E-state index contributed by atoms with van der Waals surface area (Å²) in [6.07, 6.45) is 3.07. The van der Waals surface area contributed by atoms with Gasteiger partial charge in [0.2, 0.25) is 5.91 Å². The molecule has 2 heterocycles. The van der Waals surface area contributed by atoms with Gasteiger partial charge in [0.15, 0.2) is 0 Å². The fourth-order valence-electron chi connectivity index (χ4n) is 4.30. The largest absolute Gasteiger partial charge is 0.396 e. The lowest BCUT2D eigenvalue weighted by Gasteiger charge is -2.33. The molecule has 0 spiro atoms. The normalized spacial score (nSPS) is 24.5. The number of halogens is 1. The number of aryl methyl sites for hydroxylation is 1. The third-order valence-corrected chi connectivity index (χ3v) is 6.16. The van der Waals surface area contributed by atoms with Crippen LogP contribution in [0.25, 0.3) is 0 Å².